The summed E-state index contributed by atoms with van der Waals surface area (Å²) < 4.78 is 1.29. The van der Waals surface area contributed by atoms with Crippen molar-refractivity contribution in [2.45, 2.75) is 85.5 Å². The first-order valence-electron chi connectivity index (χ1n) is 17.4. The van der Waals surface area contributed by atoms with E-state index in [0.717, 1.165) is 16.2 Å². The number of hydrogen-bond acceptors (Lipinski definition) is 3. The molecule has 238 valence electrons. The highest BCUT2D eigenvalue weighted by Crippen LogP contribution is 2.50. The Hall–Kier alpha value is -2.05. The first kappa shape index (κ1) is 33.3. The highest BCUT2D eigenvalue weighted by atomic mass is 127. The van der Waals surface area contributed by atoms with Gasteiger partial charge >= 0.3 is 0 Å². The fourth-order valence-corrected chi connectivity index (χ4v) is 7.73. The zero-order valence-electron chi connectivity index (χ0n) is 27.9. The third kappa shape index (κ3) is 8.20. The molecule has 0 radical (unpaired) electrons. The summed E-state index contributed by atoms with van der Waals surface area (Å²) in [7, 11) is 0. The van der Waals surface area contributed by atoms with E-state index in [0.29, 0.717) is 0 Å². The number of rotatable bonds is 2. The zero-order valence-corrected chi connectivity index (χ0v) is 30.0. The molecular weight excluding hydrogens is 649 g/mol. The van der Waals surface area contributed by atoms with Crippen molar-refractivity contribution in [1.29, 1.82) is 0 Å². The van der Waals surface area contributed by atoms with E-state index in [1.807, 2.05) is 32.0 Å². The van der Waals surface area contributed by atoms with E-state index in [9.17, 15) is 0 Å². The van der Waals surface area contributed by atoms with E-state index < -0.39 is 0 Å². The summed E-state index contributed by atoms with van der Waals surface area (Å²) in [6.45, 7) is 16.1. The molecule has 3 spiro atoms. The summed E-state index contributed by atoms with van der Waals surface area (Å²) in [4.78, 5) is 5.03. The summed E-state index contributed by atoms with van der Waals surface area (Å²) in [5.41, 5.74) is 7.84. The number of nitrogens with zero attached hydrogens (tertiary/aromatic N) is 2. The Balaban J connectivity index is 0.000000120. The van der Waals surface area contributed by atoms with Crippen molar-refractivity contribution in [2.75, 3.05) is 49.1 Å². The van der Waals surface area contributed by atoms with Gasteiger partial charge in [-0.1, -0.05) is 86.7 Å². The van der Waals surface area contributed by atoms with Crippen LogP contribution in [0.1, 0.15) is 82.8 Å². The molecule has 4 heteroatoms. The van der Waals surface area contributed by atoms with Gasteiger partial charge in [0.1, 0.15) is 0 Å². The third-order valence-corrected chi connectivity index (χ3v) is 11.6. The van der Waals surface area contributed by atoms with Gasteiger partial charge in [0.2, 0.25) is 0 Å². The Bertz CT molecular complexity index is 1170. The normalized spacial score (nSPS) is 21.7. The maximum absolute atomic E-state index is 3.30. The molecule has 0 aromatic heterocycles. The summed E-state index contributed by atoms with van der Waals surface area (Å²) in [6.07, 6.45) is 13.3. The lowest BCUT2D eigenvalue weighted by molar-refractivity contribution is 0.0603. The molecule has 3 nitrogen and oxygen atoms in total. The van der Waals surface area contributed by atoms with Crippen LogP contribution in [0.3, 0.4) is 0 Å². The predicted molar refractivity (Wildman–Crippen MR) is 199 cm³/mol. The molecule has 1 N–H and O–H groups in total. The third-order valence-electron chi connectivity index (χ3n) is 10.9. The van der Waals surface area contributed by atoms with E-state index in [1.165, 1.54) is 123 Å². The second-order valence-corrected chi connectivity index (χ2v) is 15.6. The molecule has 3 aliphatic carbocycles. The van der Waals surface area contributed by atoms with E-state index in [2.05, 4.69) is 112 Å². The molecule has 3 aromatic rings. The van der Waals surface area contributed by atoms with Crippen LogP contribution in [0.25, 0.3) is 0 Å². The lowest BCUT2D eigenvalue weighted by atomic mass is 9.63. The van der Waals surface area contributed by atoms with Gasteiger partial charge in [0, 0.05) is 65.0 Å². The van der Waals surface area contributed by atoms with Crippen molar-refractivity contribution < 1.29 is 0 Å². The number of anilines is 2. The monoisotopic (exact) mass is 705 g/mol. The maximum Gasteiger partial charge on any atom is 0.0366 e. The van der Waals surface area contributed by atoms with E-state index in [4.69, 9.17) is 0 Å². The maximum atomic E-state index is 3.30. The molecule has 0 bridgehead atoms. The molecule has 3 saturated carbocycles. The molecule has 44 heavy (non-hydrogen) atoms. The minimum atomic E-state index is 0.741. The van der Waals surface area contributed by atoms with Crippen LogP contribution in [0.2, 0.25) is 0 Å². The van der Waals surface area contributed by atoms with Crippen molar-refractivity contribution in [3.05, 3.63) is 93.6 Å². The molecule has 3 aromatic carbocycles. The minimum absolute atomic E-state index is 0.741. The average molecular weight is 706 g/mol. The van der Waals surface area contributed by atoms with E-state index >= 15 is 0 Å². The van der Waals surface area contributed by atoms with Gasteiger partial charge in [0.25, 0.3) is 0 Å². The van der Waals surface area contributed by atoms with Crippen LogP contribution >= 0.6 is 22.6 Å². The Morgan fingerprint density at radius 1 is 0.523 bits per heavy atom. The van der Waals surface area contributed by atoms with Gasteiger partial charge in [-0.25, -0.2) is 0 Å². The number of benzene rings is 3. The minimum Gasteiger partial charge on any atom is -0.370 e. The Labute approximate surface area is 282 Å². The van der Waals surface area contributed by atoms with Gasteiger partial charge in [-0.3, -0.25) is 0 Å². The molecule has 6 aliphatic rings. The zero-order chi connectivity index (χ0) is 31.0. The molecule has 6 fully saturated rings. The van der Waals surface area contributed by atoms with Crippen LogP contribution in [0, 0.1) is 33.7 Å². The number of aryl methyl sites for hydroxylation is 2. The van der Waals surface area contributed by atoms with E-state index in [1.54, 1.807) is 0 Å². The number of hydrogen-bond donors (Lipinski definition) is 1. The summed E-state index contributed by atoms with van der Waals surface area (Å²) in [5, 5.41) is 3.30. The summed E-state index contributed by atoms with van der Waals surface area (Å²) in [5.74, 6) is 0. The van der Waals surface area contributed by atoms with Crippen molar-refractivity contribution >= 4 is 34.0 Å². The SMILES string of the molecule is C1CC2(C1)CNC2.CC.Cc1ccc(N2CC3(CCC3)C2)cc1.Cc1ccc(N2CC3(CCC3)C2)cc1.Ic1ccccc1. The lowest BCUT2D eigenvalue weighted by Crippen LogP contribution is -2.59. The van der Waals surface area contributed by atoms with Crippen molar-refractivity contribution in [2.24, 2.45) is 16.2 Å². The predicted octanol–water partition coefficient (Wildman–Crippen LogP) is 10.0. The number of halogens is 1. The van der Waals surface area contributed by atoms with Crippen LogP contribution in [-0.2, 0) is 0 Å². The van der Waals surface area contributed by atoms with Crippen LogP contribution in [0.5, 0.6) is 0 Å². The van der Waals surface area contributed by atoms with Gasteiger partial charge in [-0.15, -0.1) is 0 Å². The lowest BCUT2D eigenvalue weighted by Gasteiger charge is -2.57. The first-order valence-corrected chi connectivity index (χ1v) is 18.5. The van der Waals surface area contributed by atoms with Gasteiger partial charge in [-0.2, -0.15) is 0 Å². The Morgan fingerprint density at radius 2 is 0.886 bits per heavy atom. The highest BCUT2D eigenvalue weighted by molar-refractivity contribution is 14.1. The van der Waals surface area contributed by atoms with Crippen molar-refractivity contribution in [3.63, 3.8) is 0 Å². The van der Waals surface area contributed by atoms with E-state index in [-0.39, 0.29) is 0 Å². The summed E-state index contributed by atoms with van der Waals surface area (Å²) in [6, 6.07) is 28.1. The standard InChI is InChI=1S/2C13H17N.C6H5I.C6H11N.C2H6/c2*1-11-3-5-12(6-4-11)14-9-13(10-14)7-2-8-13;7-6-4-2-1-3-5-6;1-2-6(3-1)4-7-5-6;1-2/h2*3-6H,2,7-10H2,1H3;1-5H;7H,1-5H2;1-2H3. The second-order valence-electron chi connectivity index (χ2n) is 14.3. The number of nitrogens with one attached hydrogen (secondary N) is 1. The highest BCUT2D eigenvalue weighted by Gasteiger charge is 2.48. The quantitative estimate of drug-likeness (QED) is 0.268. The molecule has 9 rings (SSSR count). The molecule has 3 aliphatic heterocycles. The van der Waals surface area contributed by atoms with Crippen LogP contribution < -0.4 is 15.1 Å². The van der Waals surface area contributed by atoms with Gasteiger partial charge < -0.3 is 15.1 Å². The largest absolute Gasteiger partial charge is 0.370 e. The smallest absolute Gasteiger partial charge is 0.0366 e. The van der Waals surface area contributed by atoms with Gasteiger partial charge in [0.15, 0.2) is 0 Å². The fourth-order valence-electron chi connectivity index (χ4n) is 7.31. The van der Waals surface area contributed by atoms with Crippen LogP contribution in [0.15, 0.2) is 78.9 Å². The molecule has 0 atom stereocenters. The molecular formula is C40H56IN3. The van der Waals surface area contributed by atoms with Crippen molar-refractivity contribution in [1.82, 2.24) is 5.32 Å². The second kappa shape index (κ2) is 15.0. The van der Waals surface area contributed by atoms with Gasteiger partial charge in [-0.05, 0) is 117 Å². The molecule has 3 saturated heterocycles. The molecule has 0 amide bonds. The molecule has 0 unspecified atom stereocenters. The van der Waals surface area contributed by atoms with Gasteiger partial charge in [0.05, 0.1) is 0 Å². The summed E-state index contributed by atoms with van der Waals surface area (Å²) >= 11 is 2.28. The van der Waals surface area contributed by atoms with Crippen LogP contribution in [-0.4, -0.2) is 39.3 Å². The average Bonchev–Trinajstić information content (AvgIpc) is 2.89. The molecule has 3 heterocycles. The van der Waals surface area contributed by atoms with Crippen LogP contribution in [0.4, 0.5) is 11.4 Å². The first-order chi connectivity index (χ1) is 21.4. The van der Waals surface area contributed by atoms with Crippen molar-refractivity contribution in [3.8, 4) is 0 Å². The Kier molecular flexibility index (Phi) is 11.4. The fraction of sp³-hybridized carbons (Fsp3) is 0.550. The topological polar surface area (TPSA) is 18.5 Å². The Morgan fingerprint density at radius 3 is 1.09 bits per heavy atom.